The normalized spacial score (nSPS) is 13.7. The van der Waals surface area contributed by atoms with Crippen molar-refractivity contribution in [2.75, 3.05) is 6.61 Å². The molecule has 0 bridgehead atoms. The maximum Gasteiger partial charge on any atom is 0.308 e. The van der Waals surface area contributed by atoms with E-state index in [1.165, 1.54) is 13.0 Å². The van der Waals surface area contributed by atoms with Gasteiger partial charge in [0.25, 0.3) is 0 Å². The Hall–Kier alpha value is -1.79. The van der Waals surface area contributed by atoms with E-state index in [0.717, 1.165) is 12.1 Å². The molecule has 20 heavy (non-hydrogen) atoms. The van der Waals surface area contributed by atoms with Gasteiger partial charge in [-0.3, -0.25) is 9.59 Å². The number of esters is 1. The van der Waals surface area contributed by atoms with Crippen LogP contribution in [0.5, 0.6) is 0 Å². The molecule has 2 unspecified atom stereocenters. The Kier molecular flexibility index (Phi) is 5.79. The van der Waals surface area contributed by atoms with Crippen LogP contribution in [-0.4, -0.2) is 34.7 Å². The predicted octanol–water partition coefficient (Wildman–Crippen LogP) is 1.38. The molecule has 5 nitrogen and oxygen atoms in total. The smallest absolute Gasteiger partial charge is 0.308 e. The van der Waals surface area contributed by atoms with Gasteiger partial charge in [-0.05, 0) is 37.6 Å². The number of aliphatic hydroxyl groups excluding tert-OH is 2. The van der Waals surface area contributed by atoms with E-state index in [1.807, 2.05) is 0 Å². The Morgan fingerprint density at radius 2 is 2.00 bits per heavy atom. The predicted molar refractivity (Wildman–Crippen MR) is 68.6 cm³/mol. The summed E-state index contributed by atoms with van der Waals surface area (Å²) in [6, 6.07) is 3.29. The molecule has 0 heterocycles. The highest BCUT2D eigenvalue weighted by molar-refractivity contribution is 5.95. The molecule has 0 aromatic heterocycles. The fourth-order valence-corrected chi connectivity index (χ4v) is 1.81. The molecule has 6 heteroatoms. The highest BCUT2D eigenvalue weighted by atomic mass is 19.1. The molecule has 1 aromatic rings. The number of ketones is 1. The average molecular weight is 284 g/mol. The Morgan fingerprint density at radius 3 is 2.55 bits per heavy atom. The Balaban J connectivity index is 2.95. The number of hydrogen-bond donors (Lipinski definition) is 2. The van der Waals surface area contributed by atoms with Crippen molar-refractivity contribution < 1.29 is 28.9 Å². The maximum absolute atomic E-state index is 13.2. The number of carbonyl (C=O) groups excluding carboxylic acids is 2. The molecule has 0 radical (unpaired) electrons. The molecule has 0 saturated heterocycles. The molecule has 0 fully saturated rings. The second-order valence-electron chi connectivity index (χ2n) is 4.31. The second-order valence-corrected chi connectivity index (χ2v) is 4.31. The third-order valence-electron chi connectivity index (χ3n) is 2.76. The molecular formula is C14H17FO5. The summed E-state index contributed by atoms with van der Waals surface area (Å²) < 4.78 is 17.9. The van der Waals surface area contributed by atoms with E-state index in [2.05, 4.69) is 4.74 Å². The van der Waals surface area contributed by atoms with Crippen molar-refractivity contribution in [3.63, 3.8) is 0 Å². The fourth-order valence-electron chi connectivity index (χ4n) is 1.81. The number of benzene rings is 1. The van der Waals surface area contributed by atoms with E-state index < -0.39 is 30.4 Å². The lowest BCUT2D eigenvalue weighted by molar-refractivity contribution is -0.147. The van der Waals surface area contributed by atoms with Gasteiger partial charge in [0, 0.05) is 5.56 Å². The van der Waals surface area contributed by atoms with Crippen LogP contribution in [0.25, 0.3) is 0 Å². The summed E-state index contributed by atoms with van der Waals surface area (Å²) in [5, 5.41) is 19.8. The molecule has 1 aromatic carbocycles. The van der Waals surface area contributed by atoms with Crippen LogP contribution in [0, 0.1) is 5.82 Å². The van der Waals surface area contributed by atoms with Crippen LogP contribution in [0.1, 0.15) is 42.3 Å². The maximum atomic E-state index is 13.2. The highest BCUT2D eigenvalue weighted by Gasteiger charge is 2.25. The topological polar surface area (TPSA) is 83.8 Å². The SMILES string of the molecule is CCOC(=O)CC(O)C(O)c1cc(F)ccc1C(C)=O. The van der Waals surface area contributed by atoms with E-state index in [9.17, 15) is 24.2 Å². The largest absolute Gasteiger partial charge is 0.466 e. The second kappa shape index (κ2) is 7.12. The van der Waals surface area contributed by atoms with Crippen molar-refractivity contribution in [1.29, 1.82) is 0 Å². The number of halogens is 1. The molecule has 0 spiro atoms. The summed E-state index contributed by atoms with van der Waals surface area (Å²) >= 11 is 0. The summed E-state index contributed by atoms with van der Waals surface area (Å²) in [6.07, 6.45) is -3.47. The summed E-state index contributed by atoms with van der Waals surface area (Å²) in [4.78, 5) is 22.7. The average Bonchev–Trinajstić information content (AvgIpc) is 2.37. The van der Waals surface area contributed by atoms with Gasteiger partial charge in [-0.15, -0.1) is 0 Å². The minimum atomic E-state index is -1.55. The molecule has 2 N–H and O–H groups in total. The van der Waals surface area contributed by atoms with Crippen LogP contribution >= 0.6 is 0 Å². The third kappa shape index (κ3) is 4.11. The van der Waals surface area contributed by atoms with Gasteiger partial charge in [0.2, 0.25) is 0 Å². The summed E-state index contributed by atoms with van der Waals surface area (Å²) in [7, 11) is 0. The molecule has 110 valence electrons. The van der Waals surface area contributed by atoms with Gasteiger partial charge < -0.3 is 14.9 Å². The Bertz CT molecular complexity index is 500. The number of aliphatic hydroxyl groups is 2. The van der Waals surface area contributed by atoms with E-state index >= 15 is 0 Å². The molecule has 0 amide bonds. The Morgan fingerprint density at radius 1 is 1.35 bits per heavy atom. The van der Waals surface area contributed by atoms with Gasteiger partial charge in [-0.2, -0.15) is 0 Å². The molecule has 2 atom stereocenters. The number of ether oxygens (including phenoxy) is 1. The van der Waals surface area contributed by atoms with Crippen molar-refractivity contribution in [2.24, 2.45) is 0 Å². The Labute approximate surface area is 116 Å². The summed E-state index contributed by atoms with van der Waals surface area (Å²) in [5.74, 6) is -1.70. The lowest BCUT2D eigenvalue weighted by Gasteiger charge is -2.19. The van der Waals surface area contributed by atoms with E-state index in [1.54, 1.807) is 6.92 Å². The highest BCUT2D eigenvalue weighted by Crippen LogP contribution is 2.24. The lowest BCUT2D eigenvalue weighted by Crippen LogP contribution is -2.24. The van der Waals surface area contributed by atoms with Crippen molar-refractivity contribution in [2.45, 2.75) is 32.5 Å². The van der Waals surface area contributed by atoms with Gasteiger partial charge in [0.15, 0.2) is 5.78 Å². The van der Waals surface area contributed by atoms with Crippen LogP contribution < -0.4 is 0 Å². The standard InChI is InChI=1S/C14H17FO5/c1-3-20-13(18)7-12(17)14(19)11-6-9(15)4-5-10(11)8(2)16/h4-6,12,14,17,19H,3,7H2,1-2H3. The van der Waals surface area contributed by atoms with E-state index in [-0.39, 0.29) is 23.5 Å². The van der Waals surface area contributed by atoms with Gasteiger partial charge >= 0.3 is 5.97 Å². The van der Waals surface area contributed by atoms with Crippen molar-refractivity contribution in [1.82, 2.24) is 0 Å². The first kappa shape index (κ1) is 16.3. The van der Waals surface area contributed by atoms with Crippen LogP contribution in [-0.2, 0) is 9.53 Å². The molecule has 0 aliphatic carbocycles. The van der Waals surface area contributed by atoms with Crippen molar-refractivity contribution >= 4 is 11.8 Å². The first-order chi connectivity index (χ1) is 9.36. The van der Waals surface area contributed by atoms with E-state index in [0.29, 0.717) is 0 Å². The van der Waals surface area contributed by atoms with Gasteiger partial charge in [-0.25, -0.2) is 4.39 Å². The lowest BCUT2D eigenvalue weighted by atomic mass is 9.95. The minimum Gasteiger partial charge on any atom is -0.466 e. The first-order valence-electron chi connectivity index (χ1n) is 6.19. The molecular weight excluding hydrogens is 267 g/mol. The van der Waals surface area contributed by atoms with Gasteiger partial charge in [-0.1, -0.05) is 0 Å². The number of hydrogen-bond acceptors (Lipinski definition) is 5. The first-order valence-corrected chi connectivity index (χ1v) is 6.19. The molecule has 0 aliphatic heterocycles. The third-order valence-corrected chi connectivity index (χ3v) is 2.76. The summed E-state index contributed by atoms with van der Waals surface area (Å²) in [5.41, 5.74) is 0.0520. The zero-order valence-electron chi connectivity index (χ0n) is 11.3. The van der Waals surface area contributed by atoms with Crippen LogP contribution in [0.4, 0.5) is 4.39 Å². The summed E-state index contributed by atoms with van der Waals surface area (Å²) in [6.45, 7) is 3.03. The zero-order valence-corrected chi connectivity index (χ0v) is 11.3. The number of rotatable bonds is 6. The minimum absolute atomic E-state index is 0.0469. The number of Topliss-reactive ketones (excluding diaryl/α,β-unsaturated/α-hetero) is 1. The van der Waals surface area contributed by atoms with Crippen LogP contribution in [0.15, 0.2) is 18.2 Å². The van der Waals surface area contributed by atoms with E-state index in [4.69, 9.17) is 0 Å². The van der Waals surface area contributed by atoms with Crippen molar-refractivity contribution in [3.8, 4) is 0 Å². The molecule has 0 aliphatic rings. The zero-order chi connectivity index (χ0) is 15.3. The van der Waals surface area contributed by atoms with Gasteiger partial charge in [0.05, 0.1) is 19.1 Å². The fraction of sp³-hybridized carbons (Fsp3) is 0.429. The van der Waals surface area contributed by atoms with Crippen LogP contribution in [0.2, 0.25) is 0 Å². The quantitative estimate of drug-likeness (QED) is 0.609. The monoisotopic (exact) mass is 284 g/mol. The molecule has 1 rings (SSSR count). The number of carbonyl (C=O) groups is 2. The van der Waals surface area contributed by atoms with Crippen molar-refractivity contribution in [3.05, 3.63) is 35.1 Å². The van der Waals surface area contributed by atoms with Gasteiger partial charge in [0.1, 0.15) is 11.9 Å². The van der Waals surface area contributed by atoms with Crippen LogP contribution in [0.3, 0.4) is 0 Å². The molecule has 0 saturated carbocycles.